The monoisotopic (exact) mass is 402 g/mol. The Morgan fingerprint density at radius 1 is 1.17 bits per heavy atom. The van der Waals surface area contributed by atoms with E-state index in [0.717, 1.165) is 31.5 Å². The maximum Gasteiger partial charge on any atom is 0.256 e. The van der Waals surface area contributed by atoms with Crippen LogP contribution in [0.5, 0.6) is 0 Å². The summed E-state index contributed by atoms with van der Waals surface area (Å²) >= 11 is 0. The number of nitrogens with one attached hydrogen (secondary N) is 2. The van der Waals surface area contributed by atoms with Crippen LogP contribution >= 0.6 is 0 Å². The van der Waals surface area contributed by atoms with Crippen LogP contribution in [0.4, 0.5) is 0 Å². The number of likely N-dealkylation sites (N-methyl/N-ethyl adjacent to an activating group) is 1. The Morgan fingerprint density at radius 3 is 2.69 bits per heavy atom. The van der Waals surface area contributed by atoms with Gasteiger partial charge in [0.15, 0.2) is 5.82 Å². The Morgan fingerprint density at radius 2 is 1.97 bits per heavy atom. The average molecular weight is 402 g/mol. The molecular weight excluding hydrogens is 376 g/mol. The second-order valence-electron chi connectivity index (χ2n) is 7.86. The first-order valence-electron chi connectivity index (χ1n) is 10.0. The number of hydrogen-bond donors (Lipinski definition) is 2. The number of aromatic nitrogens is 3. The first kappa shape index (κ1) is 19.6. The zero-order valence-corrected chi connectivity index (χ0v) is 16.7. The van der Waals surface area contributed by atoms with E-state index in [4.69, 9.17) is 9.05 Å². The molecule has 10 nitrogen and oxygen atoms in total. The molecule has 1 aliphatic heterocycles. The van der Waals surface area contributed by atoms with E-state index in [2.05, 4.69) is 30.8 Å². The number of aryl methyl sites for hydroxylation is 1. The molecule has 2 aromatic rings. The van der Waals surface area contributed by atoms with Gasteiger partial charge < -0.3 is 19.7 Å². The van der Waals surface area contributed by atoms with Crippen LogP contribution in [-0.4, -0.2) is 57.7 Å². The van der Waals surface area contributed by atoms with Gasteiger partial charge in [0.1, 0.15) is 11.3 Å². The molecule has 0 aromatic carbocycles. The number of likely N-dealkylation sites (tertiary alicyclic amines) is 1. The van der Waals surface area contributed by atoms with Gasteiger partial charge in [0, 0.05) is 31.0 Å². The smallest absolute Gasteiger partial charge is 0.256 e. The van der Waals surface area contributed by atoms with E-state index in [1.807, 2.05) is 7.05 Å². The van der Waals surface area contributed by atoms with Gasteiger partial charge in [-0.2, -0.15) is 4.98 Å². The molecule has 1 saturated heterocycles. The van der Waals surface area contributed by atoms with Crippen molar-refractivity contribution in [2.75, 3.05) is 13.6 Å². The maximum absolute atomic E-state index is 12.3. The third kappa shape index (κ3) is 4.64. The minimum Gasteiger partial charge on any atom is -0.361 e. The summed E-state index contributed by atoms with van der Waals surface area (Å²) in [6, 6.07) is 0.327. The zero-order chi connectivity index (χ0) is 20.4. The SMILES string of the molecule is Cc1oncc1C(=O)NC[C@@H]1CC[C@H](CC(=O)NCc2nc(C3CC3)no2)N1C. The third-order valence-corrected chi connectivity index (χ3v) is 5.76. The van der Waals surface area contributed by atoms with Gasteiger partial charge in [-0.1, -0.05) is 10.3 Å². The van der Waals surface area contributed by atoms with Crippen LogP contribution in [-0.2, 0) is 11.3 Å². The molecular formula is C19H26N6O4. The summed E-state index contributed by atoms with van der Waals surface area (Å²) in [5, 5.41) is 13.4. The van der Waals surface area contributed by atoms with Gasteiger partial charge in [-0.05, 0) is 39.7 Å². The van der Waals surface area contributed by atoms with Crippen molar-refractivity contribution >= 4 is 11.8 Å². The summed E-state index contributed by atoms with van der Waals surface area (Å²) in [6.45, 7) is 2.48. The third-order valence-electron chi connectivity index (χ3n) is 5.76. The Bertz CT molecular complexity index is 874. The topological polar surface area (TPSA) is 126 Å². The fourth-order valence-electron chi connectivity index (χ4n) is 3.71. The number of hydrogen-bond acceptors (Lipinski definition) is 8. The summed E-state index contributed by atoms with van der Waals surface area (Å²) in [5.74, 6) is 1.89. The van der Waals surface area contributed by atoms with Gasteiger partial charge >= 0.3 is 0 Å². The first-order chi connectivity index (χ1) is 14.0. The molecule has 3 heterocycles. The predicted molar refractivity (Wildman–Crippen MR) is 101 cm³/mol. The summed E-state index contributed by atoms with van der Waals surface area (Å²) in [5.41, 5.74) is 0.451. The molecule has 2 aliphatic rings. The van der Waals surface area contributed by atoms with Gasteiger partial charge in [-0.25, -0.2) is 0 Å². The van der Waals surface area contributed by atoms with Gasteiger partial charge in [-0.3, -0.25) is 14.5 Å². The van der Waals surface area contributed by atoms with Crippen molar-refractivity contribution in [1.29, 1.82) is 0 Å². The number of rotatable bonds is 8. The van der Waals surface area contributed by atoms with E-state index in [0.29, 0.717) is 36.1 Å². The summed E-state index contributed by atoms with van der Waals surface area (Å²) in [4.78, 5) is 31.0. The second kappa shape index (κ2) is 8.32. The van der Waals surface area contributed by atoms with Crippen molar-refractivity contribution in [2.45, 2.75) is 63.6 Å². The van der Waals surface area contributed by atoms with Gasteiger partial charge in [0.25, 0.3) is 5.91 Å². The van der Waals surface area contributed by atoms with Gasteiger partial charge in [0.2, 0.25) is 11.8 Å². The normalized spacial score (nSPS) is 22.0. The number of nitrogens with zero attached hydrogens (tertiary/aromatic N) is 4. The lowest BCUT2D eigenvalue weighted by Gasteiger charge is -2.25. The van der Waals surface area contributed by atoms with Crippen LogP contribution in [0.3, 0.4) is 0 Å². The Kier molecular flexibility index (Phi) is 5.61. The van der Waals surface area contributed by atoms with E-state index < -0.39 is 0 Å². The lowest BCUT2D eigenvalue weighted by molar-refractivity contribution is -0.122. The van der Waals surface area contributed by atoms with Crippen molar-refractivity contribution in [2.24, 2.45) is 0 Å². The Balaban J connectivity index is 1.20. The van der Waals surface area contributed by atoms with E-state index >= 15 is 0 Å². The molecule has 4 rings (SSSR count). The molecule has 1 aliphatic carbocycles. The summed E-state index contributed by atoms with van der Waals surface area (Å²) < 4.78 is 10.1. The van der Waals surface area contributed by atoms with Crippen LogP contribution in [0, 0.1) is 6.92 Å². The fraction of sp³-hybridized carbons (Fsp3) is 0.632. The molecule has 1 saturated carbocycles. The lowest BCUT2D eigenvalue weighted by Crippen LogP contribution is -2.42. The van der Waals surface area contributed by atoms with Gasteiger partial charge in [0.05, 0.1) is 12.7 Å². The van der Waals surface area contributed by atoms with Crippen molar-refractivity contribution < 1.29 is 18.6 Å². The van der Waals surface area contributed by atoms with Crippen molar-refractivity contribution in [3.8, 4) is 0 Å². The van der Waals surface area contributed by atoms with Crippen LogP contribution < -0.4 is 10.6 Å². The standard InChI is InChI=1S/C19H26N6O4/c1-11-15(9-22-28-11)19(27)21-8-14-6-5-13(25(14)2)7-16(26)20-10-17-23-18(24-29-17)12-3-4-12/h9,12-14H,3-8,10H2,1-2H3,(H,20,26)(H,21,27)/t13-,14+/m1/s1. The predicted octanol–water partition coefficient (Wildman–Crippen LogP) is 1.14. The molecule has 0 unspecified atom stereocenters. The Labute approximate surface area is 168 Å². The number of carbonyl (C=O) groups excluding carboxylic acids is 2. The van der Waals surface area contributed by atoms with Crippen molar-refractivity contribution in [1.82, 2.24) is 30.8 Å². The maximum atomic E-state index is 12.3. The molecule has 2 amide bonds. The average Bonchev–Trinajstić information content (AvgIpc) is 3.12. The fourth-order valence-corrected chi connectivity index (χ4v) is 3.71. The molecule has 2 aromatic heterocycles. The van der Waals surface area contributed by atoms with Crippen molar-refractivity contribution in [3.05, 3.63) is 29.2 Å². The van der Waals surface area contributed by atoms with Gasteiger partial charge in [-0.15, -0.1) is 0 Å². The van der Waals surface area contributed by atoms with E-state index in [1.54, 1.807) is 6.92 Å². The second-order valence-corrected chi connectivity index (χ2v) is 7.86. The minimum absolute atomic E-state index is 0.0437. The van der Waals surface area contributed by atoms with E-state index in [9.17, 15) is 9.59 Å². The molecule has 2 fully saturated rings. The molecule has 29 heavy (non-hydrogen) atoms. The highest BCUT2D eigenvalue weighted by molar-refractivity contribution is 5.94. The van der Waals surface area contributed by atoms with Crippen LogP contribution in [0.25, 0.3) is 0 Å². The zero-order valence-electron chi connectivity index (χ0n) is 16.7. The minimum atomic E-state index is -0.191. The van der Waals surface area contributed by atoms with Crippen LogP contribution in [0.15, 0.2) is 15.2 Å². The molecule has 2 atom stereocenters. The lowest BCUT2D eigenvalue weighted by atomic mass is 10.1. The highest BCUT2D eigenvalue weighted by atomic mass is 16.5. The Hall–Kier alpha value is -2.75. The molecule has 2 N–H and O–H groups in total. The molecule has 0 spiro atoms. The molecule has 156 valence electrons. The quantitative estimate of drug-likeness (QED) is 0.673. The van der Waals surface area contributed by atoms with E-state index in [1.165, 1.54) is 6.20 Å². The molecule has 0 radical (unpaired) electrons. The number of carbonyl (C=O) groups is 2. The number of amides is 2. The van der Waals surface area contributed by atoms with Crippen LogP contribution in [0.1, 0.15) is 65.9 Å². The first-order valence-corrected chi connectivity index (χ1v) is 10.0. The summed E-state index contributed by atoms with van der Waals surface area (Å²) in [6.07, 6.45) is 5.87. The summed E-state index contributed by atoms with van der Waals surface area (Å²) in [7, 11) is 1.99. The van der Waals surface area contributed by atoms with E-state index in [-0.39, 0.29) is 30.4 Å². The molecule has 0 bridgehead atoms. The highest BCUT2D eigenvalue weighted by Gasteiger charge is 2.32. The van der Waals surface area contributed by atoms with Crippen LogP contribution in [0.2, 0.25) is 0 Å². The van der Waals surface area contributed by atoms with Crippen molar-refractivity contribution in [3.63, 3.8) is 0 Å². The highest BCUT2D eigenvalue weighted by Crippen LogP contribution is 2.38. The molecule has 10 heteroatoms. The largest absolute Gasteiger partial charge is 0.361 e.